The molecule has 3 heteroatoms. The van der Waals surface area contributed by atoms with Gasteiger partial charge in [-0.05, 0) is 43.5 Å². The van der Waals surface area contributed by atoms with E-state index in [1.165, 1.54) is 0 Å². The molecule has 0 spiro atoms. The van der Waals surface area contributed by atoms with Crippen molar-refractivity contribution in [3.8, 4) is 12.1 Å². The standard InChI is InChI=1S/C11H10N2O/c1-7-4-10(6-13-14)9(3)11(5-12)8(7)2/h4H,1-3H3. The smallest absolute Gasteiger partial charge is 0.336 e. The fourth-order valence-corrected chi connectivity index (χ4v) is 1.38. The third-order valence-electron chi connectivity index (χ3n) is 2.38. The molecule has 3 nitrogen and oxygen atoms in total. The first kappa shape index (κ1) is 10.1. The second-order valence-corrected chi connectivity index (χ2v) is 3.18. The molecule has 0 saturated carbocycles. The van der Waals surface area contributed by atoms with Crippen LogP contribution in [-0.4, -0.2) is 0 Å². The lowest BCUT2D eigenvalue weighted by Gasteiger charge is -2.05. The summed E-state index contributed by atoms with van der Waals surface area (Å²) >= 11 is 0. The van der Waals surface area contributed by atoms with Crippen LogP contribution in [0, 0.1) is 43.4 Å². The van der Waals surface area contributed by atoms with Crippen LogP contribution in [0.25, 0.3) is 5.01 Å². The summed E-state index contributed by atoms with van der Waals surface area (Å²) in [4.78, 5) is 0. The topological polar surface area (TPSA) is 51.2 Å². The van der Waals surface area contributed by atoms with Crippen molar-refractivity contribution < 1.29 is 0 Å². The summed E-state index contributed by atoms with van der Waals surface area (Å²) in [7, 11) is 0. The van der Waals surface area contributed by atoms with Gasteiger partial charge in [0.2, 0.25) is 0 Å². The van der Waals surface area contributed by atoms with Crippen molar-refractivity contribution in [3.05, 3.63) is 44.1 Å². The second-order valence-electron chi connectivity index (χ2n) is 3.18. The Morgan fingerprint density at radius 3 is 2.43 bits per heavy atom. The van der Waals surface area contributed by atoms with Crippen molar-refractivity contribution in [2.45, 2.75) is 20.8 Å². The Hall–Kier alpha value is -2.00. The molecule has 14 heavy (non-hydrogen) atoms. The van der Waals surface area contributed by atoms with E-state index in [-0.39, 0.29) is 0 Å². The molecule has 0 aliphatic carbocycles. The van der Waals surface area contributed by atoms with Gasteiger partial charge < -0.3 is 5.21 Å². The summed E-state index contributed by atoms with van der Waals surface area (Å²) in [6, 6.07) is 6.27. The summed E-state index contributed by atoms with van der Waals surface area (Å²) in [6.45, 7) is 5.57. The van der Waals surface area contributed by atoms with Gasteiger partial charge in [-0.1, -0.05) is 0 Å². The minimum atomic E-state index is 0.597. The Bertz CT molecular complexity index is 473. The van der Waals surface area contributed by atoms with Gasteiger partial charge in [0.05, 0.1) is 11.6 Å². The lowest BCUT2D eigenvalue weighted by molar-refractivity contribution is 1.25. The lowest BCUT2D eigenvalue weighted by atomic mass is 9.95. The van der Waals surface area contributed by atoms with Crippen LogP contribution in [0.3, 0.4) is 0 Å². The van der Waals surface area contributed by atoms with Crippen molar-refractivity contribution in [1.82, 2.24) is 0 Å². The number of nitriles is 1. The van der Waals surface area contributed by atoms with Crippen molar-refractivity contribution in [2.75, 3.05) is 0 Å². The second kappa shape index (κ2) is 3.81. The highest BCUT2D eigenvalue weighted by Gasteiger charge is 2.11. The van der Waals surface area contributed by atoms with Crippen LogP contribution in [0.5, 0.6) is 0 Å². The van der Waals surface area contributed by atoms with Gasteiger partial charge in [0.25, 0.3) is 0 Å². The van der Waals surface area contributed by atoms with Crippen molar-refractivity contribution >= 4 is 0 Å². The van der Waals surface area contributed by atoms with Gasteiger partial charge in [0.1, 0.15) is 5.56 Å². The zero-order valence-corrected chi connectivity index (χ0v) is 8.38. The Labute approximate surface area is 83.0 Å². The minimum Gasteiger partial charge on any atom is -0.498 e. The van der Waals surface area contributed by atoms with Crippen LogP contribution in [0.15, 0.2) is 6.07 Å². The van der Waals surface area contributed by atoms with E-state index in [0.29, 0.717) is 11.1 Å². The molecule has 1 rings (SSSR count). The normalized spacial score (nSPS) is 8.71. The van der Waals surface area contributed by atoms with Crippen LogP contribution in [0.4, 0.5) is 0 Å². The van der Waals surface area contributed by atoms with Gasteiger partial charge in [-0.3, -0.25) is 0 Å². The molecular weight excluding hydrogens is 176 g/mol. The fraction of sp³-hybridized carbons (Fsp3) is 0.273. The van der Waals surface area contributed by atoms with Gasteiger partial charge in [-0.25, -0.2) is 0 Å². The maximum atomic E-state index is 10.1. The molecule has 0 unspecified atom stereocenters. The van der Waals surface area contributed by atoms with Gasteiger partial charge >= 0.3 is 6.07 Å². The first-order chi connectivity index (χ1) is 6.61. The monoisotopic (exact) mass is 186 g/mol. The Balaban J connectivity index is 3.58. The molecule has 0 aliphatic heterocycles. The number of aryl methyl sites for hydroxylation is 1. The molecule has 0 fully saturated rings. The molecule has 0 aliphatic rings. The van der Waals surface area contributed by atoms with E-state index in [0.717, 1.165) is 16.7 Å². The van der Waals surface area contributed by atoms with E-state index in [1.807, 2.05) is 19.9 Å². The van der Waals surface area contributed by atoms with Crippen molar-refractivity contribution in [3.63, 3.8) is 0 Å². The molecule has 0 N–H and O–H groups in total. The SMILES string of the molecule is Cc1cc(C#[N+][O-])c(C)c(C#N)c1C. The quantitative estimate of drug-likeness (QED) is 0.585. The Morgan fingerprint density at radius 1 is 1.29 bits per heavy atom. The van der Waals surface area contributed by atoms with Crippen LogP contribution < -0.4 is 0 Å². The average molecular weight is 186 g/mol. The van der Waals surface area contributed by atoms with E-state index in [1.54, 1.807) is 6.92 Å². The summed E-state index contributed by atoms with van der Waals surface area (Å²) in [6.07, 6.45) is 0. The van der Waals surface area contributed by atoms with Crippen molar-refractivity contribution in [1.29, 1.82) is 5.26 Å². The zero-order valence-electron chi connectivity index (χ0n) is 8.38. The first-order valence-corrected chi connectivity index (χ1v) is 4.21. The number of hydrogen-bond donors (Lipinski definition) is 0. The fourth-order valence-electron chi connectivity index (χ4n) is 1.38. The van der Waals surface area contributed by atoms with Gasteiger partial charge in [-0.15, -0.1) is 0 Å². The summed E-state index contributed by atoms with van der Waals surface area (Å²) in [5, 5.41) is 21.6. The molecule has 1 aromatic rings. The third kappa shape index (κ3) is 1.53. The maximum Gasteiger partial charge on any atom is 0.336 e. The Kier molecular flexibility index (Phi) is 2.74. The highest BCUT2D eigenvalue weighted by atomic mass is 16.4. The molecule has 0 heterocycles. The third-order valence-corrected chi connectivity index (χ3v) is 2.38. The van der Waals surface area contributed by atoms with Crippen LogP contribution >= 0.6 is 0 Å². The predicted molar refractivity (Wildman–Crippen MR) is 55.1 cm³/mol. The molecule has 0 atom stereocenters. The minimum absolute atomic E-state index is 0.597. The number of nitrogens with zero attached hydrogens (tertiary/aromatic N) is 2. The molecule has 0 bridgehead atoms. The average Bonchev–Trinajstić information content (AvgIpc) is 2.16. The molecule has 1 aromatic carbocycles. The first-order valence-electron chi connectivity index (χ1n) is 4.21. The predicted octanol–water partition coefficient (Wildman–Crippen LogP) is 2.66. The molecule has 0 aromatic heterocycles. The van der Waals surface area contributed by atoms with E-state index in [4.69, 9.17) is 5.26 Å². The van der Waals surface area contributed by atoms with Crippen LogP contribution in [0.2, 0.25) is 0 Å². The van der Waals surface area contributed by atoms with E-state index in [9.17, 15) is 5.21 Å². The zero-order chi connectivity index (χ0) is 10.7. The Morgan fingerprint density at radius 2 is 1.93 bits per heavy atom. The number of hydrogen-bond acceptors (Lipinski definition) is 2. The summed E-state index contributed by atoms with van der Waals surface area (Å²) in [5.74, 6) is 0. The summed E-state index contributed by atoms with van der Waals surface area (Å²) < 4.78 is 0. The van der Waals surface area contributed by atoms with Gasteiger partial charge in [-0.2, -0.15) is 5.26 Å². The maximum absolute atomic E-state index is 10.1. The highest BCUT2D eigenvalue weighted by Crippen LogP contribution is 2.20. The lowest BCUT2D eigenvalue weighted by Crippen LogP contribution is -1.95. The van der Waals surface area contributed by atoms with E-state index in [2.05, 4.69) is 17.1 Å². The van der Waals surface area contributed by atoms with E-state index < -0.39 is 0 Å². The van der Waals surface area contributed by atoms with Crippen LogP contribution in [-0.2, 0) is 0 Å². The van der Waals surface area contributed by atoms with Gasteiger partial charge in [0.15, 0.2) is 0 Å². The van der Waals surface area contributed by atoms with Crippen LogP contribution in [0.1, 0.15) is 27.8 Å². The molecule has 70 valence electrons. The number of rotatable bonds is 0. The summed E-state index contributed by atoms with van der Waals surface area (Å²) in [5.41, 5.74) is 3.88. The number of benzene rings is 1. The molecule has 0 saturated heterocycles. The largest absolute Gasteiger partial charge is 0.498 e. The van der Waals surface area contributed by atoms with Gasteiger partial charge in [0, 0.05) is 5.01 Å². The molecule has 0 amide bonds. The molecule has 0 radical (unpaired) electrons. The van der Waals surface area contributed by atoms with E-state index >= 15 is 0 Å². The molecular formula is C11H10N2O. The highest BCUT2D eigenvalue weighted by molar-refractivity contribution is 5.55. The van der Waals surface area contributed by atoms with Crippen molar-refractivity contribution in [2.24, 2.45) is 0 Å².